The van der Waals surface area contributed by atoms with Gasteiger partial charge >= 0.3 is 18.1 Å². The number of carboxylic acids is 1. The van der Waals surface area contributed by atoms with Crippen molar-refractivity contribution in [3.05, 3.63) is 54.1 Å². The van der Waals surface area contributed by atoms with Gasteiger partial charge in [-0.2, -0.15) is 13.2 Å². The molecule has 0 aromatic heterocycles. The van der Waals surface area contributed by atoms with E-state index in [1.54, 1.807) is 0 Å². The quantitative estimate of drug-likeness (QED) is 0.334. The van der Waals surface area contributed by atoms with E-state index >= 15 is 0 Å². The Balaban J connectivity index is 1.88. The van der Waals surface area contributed by atoms with Gasteiger partial charge in [0.15, 0.2) is 6.10 Å². The van der Waals surface area contributed by atoms with Gasteiger partial charge in [-0.3, -0.25) is 4.79 Å². The average molecular weight is 439 g/mol. The van der Waals surface area contributed by atoms with Gasteiger partial charge in [0.1, 0.15) is 17.2 Å². The lowest BCUT2D eigenvalue weighted by Crippen LogP contribution is -2.25. The summed E-state index contributed by atoms with van der Waals surface area (Å²) < 4.78 is 48.7. The van der Waals surface area contributed by atoms with Crippen LogP contribution in [0.25, 0.3) is 0 Å². The highest BCUT2D eigenvalue weighted by molar-refractivity contribution is 5.85. The van der Waals surface area contributed by atoms with Crippen LogP contribution in [0.1, 0.15) is 32.3 Å². The highest BCUT2D eigenvalue weighted by atomic mass is 19.4. The van der Waals surface area contributed by atoms with E-state index in [1.807, 2.05) is 0 Å². The van der Waals surface area contributed by atoms with Gasteiger partial charge in [0.05, 0.1) is 17.7 Å². The number of carbonyl (C=O) groups excluding carboxylic acids is 1. The highest BCUT2D eigenvalue weighted by Crippen LogP contribution is 2.31. The molecule has 2 aromatic carbocycles. The summed E-state index contributed by atoms with van der Waals surface area (Å²) >= 11 is 0. The summed E-state index contributed by atoms with van der Waals surface area (Å²) in [6, 6.07) is 10.4. The second-order valence-electron chi connectivity index (χ2n) is 6.49. The van der Waals surface area contributed by atoms with Crippen molar-refractivity contribution in [1.29, 1.82) is 0 Å². The van der Waals surface area contributed by atoms with Crippen LogP contribution < -0.4 is 9.47 Å². The number of carbonyl (C=O) groups is 2. The highest BCUT2D eigenvalue weighted by Gasteiger charge is 2.30. The minimum absolute atomic E-state index is 0.125. The number of rotatable bonds is 9. The monoisotopic (exact) mass is 439 g/mol. The second kappa shape index (κ2) is 10.5. The third-order valence-corrected chi connectivity index (χ3v) is 3.88. The smallest absolute Gasteiger partial charge is 0.416 e. The molecule has 1 unspecified atom stereocenters. The molecule has 0 saturated heterocycles. The van der Waals surface area contributed by atoms with Crippen molar-refractivity contribution in [1.82, 2.24) is 0 Å². The van der Waals surface area contributed by atoms with Gasteiger partial charge in [-0.05, 0) is 68.8 Å². The zero-order valence-corrected chi connectivity index (χ0v) is 16.7. The second-order valence-corrected chi connectivity index (χ2v) is 6.49. The maximum Gasteiger partial charge on any atom is 0.416 e. The molecular weight excluding hydrogens is 419 g/mol. The molecular formula is C21H20F3NO6. The van der Waals surface area contributed by atoms with Crippen LogP contribution in [-0.2, 0) is 20.6 Å². The van der Waals surface area contributed by atoms with Crippen molar-refractivity contribution in [3.63, 3.8) is 0 Å². The van der Waals surface area contributed by atoms with Crippen molar-refractivity contribution < 1.29 is 42.2 Å². The SMILES string of the molecule is CC(CCC(=O)O)=NOC(=O)C(C)Oc1ccc(Oc2ccc(C(F)(F)F)cc2)cc1. The zero-order valence-electron chi connectivity index (χ0n) is 16.7. The molecule has 0 aliphatic heterocycles. The number of carboxylic acid groups (broad SMARTS) is 1. The number of oxime groups is 1. The first-order valence-corrected chi connectivity index (χ1v) is 9.12. The van der Waals surface area contributed by atoms with Crippen LogP contribution in [0.5, 0.6) is 17.2 Å². The average Bonchev–Trinajstić information content (AvgIpc) is 2.71. The Labute approximate surface area is 176 Å². The number of benzene rings is 2. The number of hydrogen-bond donors (Lipinski definition) is 1. The molecule has 7 nitrogen and oxygen atoms in total. The lowest BCUT2D eigenvalue weighted by molar-refractivity contribution is -0.151. The molecule has 2 rings (SSSR count). The van der Waals surface area contributed by atoms with E-state index in [9.17, 15) is 22.8 Å². The summed E-state index contributed by atoms with van der Waals surface area (Å²) in [5.74, 6) is -0.824. The summed E-state index contributed by atoms with van der Waals surface area (Å²) in [6.45, 7) is 2.99. The van der Waals surface area contributed by atoms with Crippen molar-refractivity contribution in [3.8, 4) is 17.2 Å². The standard InChI is InChI=1S/C21H20F3NO6/c1-13(3-12-19(26)27)25-31-20(28)14(2)29-16-8-10-18(11-9-16)30-17-6-4-15(5-7-17)21(22,23)24/h4-11,14H,3,12H2,1-2H3,(H,26,27). The topological polar surface area (TPSA) is 94.4 Å². The van der Waals surface area contributed by atoms with E-state index in [1.165, 1.54) is 50.2 Å². The summed E-state index contributed by atoms with van der Waals surface area (Å²) in [6.07, 6.45) is -5.38. The van der Waals surface area contributed by atoms with Crippen LogP contribution in [-0.4, -0.2) is 28.9 Å². The molecule has 2 aromatic rings. The van der Waals surface area contributed by atoms with Crippen LogP contribution >= 0.6 is 0 Å². The first kappa shape index (κ1) is 23.7. The normalized spacial score (nSPS) is 12.7. The Morgan fingerprint density at radius 1 is 0.968 bits per heavy atom. The van der Waals surface area contributed by atoms with Crippen LogP contribution in [0.2, 0.25) is 0 Å². The molecule has 0 amide bonds. The molecule has 0 heterocycles. The fourth-order valence-corrected chi connectivity index (χ4v) is 2.22. The molecule has 0 fully saturated rings. The van der Waals surface area contributed by atoms with E-state index in [4.69, 9.17) is 19.4 Å². The van der Waals surface area contributed by atoms with Crippen LogP contribution in [0.4, 0.5) is 13.2 Å². The summed E-state index contributed by atoms with van der Waals surface area (Å²) in [5, 5.41) is 12.2. The fourth-order valence-electron chi connectivity index (χ4n) is 2.22. The number of hydrogen-bond acceptors (Lipinski definition) is 6. The Bertz CT molecular complexity index is 924. The number of alkyl halides is 3. The number of aliphatic carboxylic acids is 1. The molecule has 0 bridgehead atoms. The predicted octanol–water partition coefficient (Wildman–Crippen LogP) is 5.05. The van der Waals surface area contributed by atoms with Gasteiger partial charge in [-0.15, -0.1) is 0 Å². The Hall–Kier alpha value is -3.56. The maximum atomic E-state index is 12.6. The Morgan fingerprint density at radius 2 is 1.48 bits per heavy atom. The number of ether oxygens (including phenoxy) is 2. The maximum absolute atomic E-state index is 12.6. The summed E-state index contributed by atoms with van der Waals surface area (Å²) in [4.78, 5) is 27.1. The number of halogens is 3. The van der Waals surface area contributed by atoms with Gasteiger partial charge in [-0.25, -0.2) is 4.79 Å². The lowest BCUT2D eigenvalue weighted by atomic mass is 10.2. The first-order chi connectivity index (χ1) is 14.5. The molecule has 10 heteroatoms. The molecule has 166 valence electrons. The van der Waals surface area contributed by atoms with Crippen molar-refractivity contribution in [2.24, 2.45) is 5.16 Å². The Morgan fingerprint density at radius 3 is 2.00 bits per heavy atom. The largest absolute Gasteiger partial charge is 0.481 e. The van der Waals surface area contributed by atoms with Crippen LogP contribution in [0, 0.1) is 0 Å². The fraction of sp³-hybridized carbons (Fsp3) is 0.286. The summed E-state index contributed by atoms with van der Waals surface area (Å²) in [5.41, 5.74) is -0.418. The summed E-state index contributed by atoms with van der Waals surface area (Å²) in [7, 11) is 0. The van der Waals surface area contributed by atoms with Crippen LogP contribution in [0.3, 0.4) is 0 Å². The Kier molecular flexibility index (Phi) is 8.00. The minimum atomic E-state index is -4.42. The van der Waals surface area contributed by atoms with Crippen molar-refractivity contribution in [2.45, 2.75) is 39.0 Å². The molecule has 1 N–H and O–H groups in total. The van der Waals surface area contributed by atoms with E-state index < -0.39 is 29.8 Å². The van der Waals surface area contributed by atoms with Gasteiger partial charge in [0, 0.05) is 0 Å². The zero-order chi connectivity index (χ0) is 23.0. The van der Waals surface area contributed by atoms with E-state index in [0.29, 0.717) is 17.2 Å². The lowest BCUT2D eigenvalue weighted by Gasteiger charge is -2.13. The third kappa shape index (κ3) is 8.00. The molecule has 0 radical (unpaired) electrons. The van der Waals surface area contributed by atoms with Gasteiger partial charge in [0.25, 0.3) is 0 Å². The van der Waals surface area contributed by atoms with Crippen LogP contribution in [0.15, 0.2) is 53.7 Å². The van der Waals surface area contributed by atoms with E-state index in [-0.39, 0.29) is 18.6 Å². The minimum Gasteiger partial charge on any atom is -0.481 e. The van der Waals surface area contributed by atoms with E-state index in [0.717, 1.165) is 12.1 Å². The third-order valence-electron chi connectivity index (χ3n) is 3.88. The van der Waals surface area contributed by atoms with E-state index in [2.05, 4.69) is 5.16 Å². The van der Waals surface area contributed by atoms with Gasteiger partial charge in [-0.1, -0.05) is 5.16 Å². The molecule has 0 aliphatic carbocycles. The molecule has 1 atom stereocenters. The first-order valence-electron chi connectivity index (χ1n) is 9.12. The van der Waals surface area contributed by atoms with Gasteiger partial charge in [0.2, 0.25) is 0 Å². The molecule has 0 aliphatic rings. The predicted molar refractivity (Wildman–Crippen MR) is 104 cm³/mol. The van der Waals surface area contributed by atoms with Crippen molar-refractivity contribution >= 4 is 17.7 Å². The number of nitrogens with zero attached hydrogens (tertiary/aromatic N) is 1. The van der Waals surface area contributed by atoms with Gasteiger partial charge < -0.3 is 19.4 Å². The van der Waals surface area contributed by atoms with Crippen molar-refractivity contribution in [2.75, 3.05) is 0 Å². The molecule has 0 saturated carbocycles. The molecule has 0 spiro atoms. The molecule has 31 heavy (non-hydrogen) atoms.